The average Bonchev–Trinajstić information content (AvgIpc) is 3.05. The van der Waals surface area contributed by atoms with E-state index in [2.05, 4.69) is 70.2 Å². The molecular weight excluding hydrogens is 565 g/mol. The Labute approximate surface area is 268 Å². The Morgan fingerprint density at radius 1 is 0.587 bits per heavy atom. The summed E-state index contributed by atoms with van der Waals surface area (Å²) >= 11 is 0. The molecular formula is C41H36BNO3. The smallest absolute Gasteiger partial charge is 0.252 e. The zero-order valence-electron chi connectivity index (χ0n) is 27.1. The van der Waals surface area contributed by atoms with Gasteiger partial charge in [-0.25, -0.2) is 0 Å². The van der Waals surface area contributed by atoms with E-state index in [4.69, 9.17) is 4.74 Å². The van der Waals surface area contributed by atoms with Crippen molar-refractivity contribution in [2.24, 2.45) is 0 Å². The van der Waals surface area contributed by atoms with Crippen LogP contribution in [0.25, 0.3) is 38.1 Å². The van der Waals surface area contributed by atoms with Crippen molar-refractivity contribution in [3.63, 3.8) is 0 Å². The van der Waals surface area contributed by atoms with Gasteiger partial charge in [0.05, 0.1) is 21.9 Å². The lowest BCUT2D eigenvalue weighted by Crippen LogP contribution is -2.58. The molecule has 3 heterocycles. The predicted octanol–water partition coefficient (Wildman–Crippen LogP) is 7.55. The molecule has 8 rings (SSSR count). The van der Waals surface area contributed by atoms with E-state index in [1.807, 2.05) is 66.7 Å². The van der Waals surface area contributed by atoms with Crippen LogP contribution < -0.4 is 32.0 Å². The van der Waals surface area contributed by atoms with Crippen molar-refractivity contribution in [3.8, 4) is 11.5 Å². The lowest BCUT2D eigenvalue weighted by molar-refractivity contribution is 0.488. The van der Waals surface area contributed by atoms with Crippen LogP contribution in [0.3, 0.4) is 0 Å². The van der Waals surface area contributed by atoms with E-state index in [0.717, 1.165) is 27.7 Å². The second-order valence-electron chi connectivity index (χ2n) is 13.7. The van der Waals surface area contributed by atoms with E-state index in [1.165, 1.54) is 22.2 Å². The van der Waals surface area contributed by atoms with E-state index >= 15 is 0 Å². The first kappa shape index (κ1) is 28.6. The van der Waals surface area contributed by atoms with Gasteiger partial charge in [-0.2, -0.15) is 0 Å². The largest absolute Gasteiger partial charge is 0.458 e. The van der Waals surface area contributed by atoms with E-state index in [-0.39, 0.29) is 29.4 Å². The van der Waals surface area contributed by atoms with Crippen molar-refractivity contribution in [1.82, 2.24) is 4.40 Å². The van der Waals surface area contributed by atoms with Crippen molar-refractivity contribution in [2.75, 3.05) is 0 Å². The molecule has 0 saturated carbocycles. The Balaban J connectivity index is 1.65. The van der Waals surface area contributed by atoms with Crippen molar-refractivity contribution in [2.45, 2.75) is 59.3 Å². The highest BCUT2D eigenvalue weighted by molar-refractivity contribution is 6.99. The molecule has 0 amide bonds. The van der Waals surface area contributed by atoms with Crippen LogP contribution >= 0.6 is 0 Å². The van der Waals surface area contributed by atoms with Gasteiger partial charge in [-0.1, -0.05) is 102 Å². The van der Waals surface area contributed by atoms with Crippen LogP contribution in [-0.2, 0) is 0 Å². The van der Waals surface area contributed by atoms with E-state index in [9.17, 15) is 9.59 Å². The van der Waals surface area contributed by atoms with Crippen LogP contribution in [0, 0.1) is 0 Å². The van der Waals surface area contributed by atoms with Crippen LogP contribution in [0.5, 0.6) is 11.5 Å². The molecule has 0 saturated heterocycles. The third kappa shape index (κ3) is 3.94. The highest BCUT2D eigenvalue weighted by atomic mass is 16.5. The van der Waals surface area contributed by atoms with Gasteiger partial charge in [0, 0.05) is 16.2 Å². The van der Waals surface area contributed by atoms with Crippen LogP contribution in [-0.4, -0.2) is 11.1 Å². The molecule has 0 N–H and O–H groups in total. The molecule has 0 bridgehead atoms. The molecule has 5 aromatic carbocycles. The van der Waals surface area contributed by atoms with Gasteiger partial charge in [0.15, 0.2) is 10.9 Å². The minimum absolute atomic E-state index is 0.0730. The highest BCUT2D eigenvalue weighted by Crippen LogP contribution is 2.35. The Hall–Kier alpha value is -4.90. The zero-order chi connectivity index (χ0) is 32.0. The molecule has 0 spiro atoms. The predicted molar refractivity (Wildman–Crippen MR) is 194 cm³/mol. The quantitative estimate of drug-likeness (QED) is 0.119. The van der Waals surface area contributed by atoms with Crippen LogP contribution in [0.2, 0.25) is 0 Å². The molecule has 4 nitrogen and oxygen atoms in total. The molecule has 2 aromatic heterocycles. The van der Waals surface area contributed by atoms with E-state index in [1.54, 1.807) is 0 Å². The fourth-order valence-corrected chi connectivity index (χ4v) is 7.77. The lowest BCUT2D eigenvalue weighted by atomic mass is 9.33. The van der Waals surface area contributed by atoms with Crippen molar-refractivity contribution in [3.05, 3.63) is 128 Å². The molecule has 7 aromatic rings. The van der Waals surface area contributed by atoms with Gasteiger partial charge in [-0.15, -0.1) is 0 Å². The number of fused-ring (bicyclic) bond motifs is 7. The first-order valence-electron chi connectivity index (χ1n) is 16.4. The molecule has 0 fully saturated rings. The second-order valence-corrected chi connectivity index (χ2v) is 13.7. The summed E-state index contributed by atoms with van der Waals surface area (Å²) in [6.07, 6.45) is 0. The SMILES string of the molecule is CC(C)c1cc(C(C)C)c(B2c3ccccc3Oc3cc4c(=O)c5ccccc5n5c6ccccc6c(=O)c(c32)c45)c(C(C)C)c1. The zero-order valence-corrected chi connectivity index (χ0v) is 27.1. The summed E-state index contributed by atoms with van der Waals surface area (Å²) in [6.45, 7) is 13.3. The monoisotopic (exact) mass is 601 g/mol. The first-order chi connectivity index (χ1) is 22.2. The normalized spacial score (nSPS) is 13.0. The third-order valence-corrected chi connectivity index (χ3v) is 9.98. The van der Waals surface area contributed by atoms with Crippen molar-refractivity contribution in [1.29, 1.82) is 0 Å². The molecule has 0 aliphatic carbocycles. The summed E-state index contributed by atoms with van der Waals surface area (Å²) in [5.74, 6) is 2.22. The number of para-hydroxylation sites is 3. The Kier molecular flexibility index (Phi) is 6.41. The average molecular weight is 602 g/mol. The van der Waals surface area contributed by atoms with E-state index < -0.39 is 0 Å². The number of hydrogen-bond acceptors (Lipinski definition) is 3. The minimum atomic E-state index is -0.264. The Morgan fingerprint density at radius 3 is 1.76 bits per heavy atom. The Bertz CT molecular complexity index is 2450. The summed E-state index contributed by atoms with van der Waals surface area (Å²) in [5.41, 5.74) is 9.09. The molecule has 5 heteroatoms. The molecule has 0 unspecified atom stereocenters. The maximum Gasteiger partial charge on any atom is 0.252 e. The van der Waals surface area contributed by atoms with Gasteiger partial charge in [0.1, 0.15) is 11.5 Å². The number of ether oxygens (including phenoxy) is 1. The molecule has 0 radical (unpaired) electrons. The number of aromatic nitrogens is 1. The van der Waals surface area contributed by atoms with Gasteiger partial charge in [-0.05, 0) is 81.8 Å². The molecule has 1 aliphatic rings. The number of pyridine rings is 2. The van der Waals surface area contributed by atoms with Gasteiger partial charge in [-0.3, -0.25) is 9.59 Å². The van der Waals surface area contributed by atoms with E-state index in [0.29, 0.717) is 38.7 Å². The summed E-state index contributed by atoms with van der Waals surface area (Å²) < 4.78 is 8.84. The fourth-order valence-electron chi connectivity index (χ4n) is 7.77. The molecule has 46 heavy (non-hydrogen) atoms. The maximum atomic E-state index is 14.9. The van der Waals surface area contributed by atoms with Gasteiger partial charge in [0.25, 0.3) is 6.71 Å². The summed E-state index contributed by atoms with van der Waals surface area (Å²) in [5, 5.41) is 2.30. The summed E-state index contributed by atoms with van der Waals surface area (Å²) in [4.78, 5) is 29.2. The van der Waals surface area contributed by atoms with Crippen LogP contribution in [0.15, 0.2) is 101 Å². The van der Waals surface area contributed by atoms with Crippen LogP contribution in [0.4, 0.5) is 0 Å². The van der Waals surface area contributed by atoms with Gasteiger partial charge in [0.2, 0.25) is 0 Å². The van der Waals surface area contributed by atoms with Crippen molar-refractivity contribution >= 4 is 61.2 Å². The second kappa shape index (κ2) is 10.3. The summed E-state index contributed by atoms with van der Waals surface area (Å²) in [7, 11) is 0. The fraction of sp³-hybridized carbons (Fsp3) is 0.220. The maximum absolute atomic E-state index is 14.9. The molecule has 0 atom stereocenters. The number of hydrogen-bond donors (Lipinski definition) is 0. The Morgan fingerprint density at radius 2 is 1.15 bits per heavy atom. The van der Waals surface area contributed by atoms with Crippen molar-refractivity contribution < 1.29 is 4.74 Å². The lowest BCUT2D eigenvalue weighted by Gasteiger charge is -2.33. The number of benzene rings is 5. The molecule has 1 aliphatic heterocycles. The minimum Gasteiger partial charge on any atom is -0.458 e. The summed E-state index contributed by atoms with van der Waals surface area (Å²) in [6, 6.07) is 30.3. The van der Waals surface area contributed by atoms with Gasteiger partial charge >= 0.3 is 0 Å². The first-order valence-corrected chi connectivity index (χ1v) is 16.4. The highest BCUT2D eigenvalue weighted by Gasteiger charge is 2.39. The third-order valence-electron chi connectivity index (χ3n) is 9.98. The standard InChI is InChI=1S/C41H36BNO3/c1-22(2)25-19-28(23(3)4)37(29(20-25)24(5)6)42-31-15-9-12-18-34(31)46-35-21-30-39-36(38(35)42)41(45)27-14-8-11-17-33(27)43(39)32-16-10-7-13-26(32)40(30)44/h7-24H,1-6H3. The number of nitrogens with zero attached hydrogens (tertiary/aromatic N) is 1. The topological polar surface area (TPSA) is 47.8 Å². The van der Waals surface area contributed by atoms with Crippen LogP contribution in [0.1, 0.15) is 76.0 Å². The number of rotatable bonds is 4. The van der Waals surface area contributed by atoms with Gasteiger partial charge < -0.3 is 9.14 Å². The molecule has 226 valence electrons.